The molecule has 2 aliphatic heterocycles. The standard InChI is InChI=1S/C19H25BrCl2N2O5S2/c1-19(2,3)29-18(26)23-11-5-4-6-12(23)8-10(7-11)9-13(25)24(31(27)28)15-14(20)16(21)30-17(15)22/h10-12H,4-9H2,1-3H3,(H,27,28)/p-1. The van der Waals surface area contributed by atoms with Gasteiger partial charge in [-0.05, 0) is 74.7 Å². The first-order chi connectivity index (χ1) is 14.4. The van der Waals surface area contributed by atoms with Gasteiger partial charge in [-0.1, -0.05) is 23.2 Å². The van der Waals surface area contributed by atoms with Gasteiger partial charge in [-0.2, -0.15) is 0 Å². The summed E-state index contributed by atoms with van der Waals surface area (Å²) in [6.45, 7) is 5.51. The third-order valence-corrected chi connectivity index (χ3v) is 9.00. The molecule has 2 bridgehead atoms. The quantitative estimate of drug-likeness (QED) is 0.417. The van der Waals surface area contributed by atoms with Crippen LogP contribution in [-0.4, -0.2) is 43.3 Å². The summed E-state index contributed by atoms with van der Waals surface area (Å²) in [5, 5.41) is 0. The molecule has 31 heavy (non-hydrogen) atoms. The first-order valence-electron chi connectivity index (χ1n) is 9.96. The Balaban J connectivity index is 1.74. The van der Waals surface area contributed by atoms with Crippen LogP contribution in [0, 0.1) is 5.92 Å². The molecule has 0 aromatic carbocycles. The number of ether oxygens (including phenoxy) is 1. The maximum Gasteiger partial charge on any atom is 0.410 e. The minimum absolute atomic E-state index is 0.0164. The molecule has 3 unspecified atom stereocenters. The average Bonchev–Trinajstić information content (AvgIpc) is 2.85. The van der Waals surface area contributed by atoms with Gasteiger partial charge >= 0.3 is 6.09 Å². The van der Waals surface area contributed by atoms with Crippen LogP contribution in [0.2, 0.25) is 8.67 Å². The Bertz CT molecular complexity index is 877. The number of hydrogen-bond donors (Lipinski definition) is 0. The average molecular weight is 575 g/mol. The Kier molecular flexibility index (Phi) is 8.02. The summed E-state index contributed by atoms with van der Waals surface area (Å²) < 4.78 is 30.7. The van der Waals surface area contributed by atoms with Crippen LogP contribution in [0.1, 0.15) is 59.3 Å². The van der Waals surface area contributed by atoms with Crippen LogP contribution >= 0.6 is 50.5 Å². The molecule has 174 valence electrons. The predicted molar refractivity (Wildman–Crippen MR) is 125 cm³/mol. The van der Waals surface area contributed by atoms with Crippen molar-refractivity contribution in [1.82, 2.24) is 4.90 Å². The van der Waals surface area contributed by atoms with E-state index in [1.165, 1.54) is 0 Å². The molecule has 0 saturated carbocycles. The first-order valence-corrected chi connectivity index (χ1v) is 13.4. The van der Waals surface area contributed by atoms with Gasteiger partial charge in [0.25, 0.3) is 0 Å². The largest absolute Gasteiger partial charge is 0.755 e. The monoisotopic (exact) mass is 573 g/mol. The molecule has 0 radical (unpaired) electrons. The van der Waals surface area contributed by atoms with Gasteiger partial charge in [-0.3, -0.25) is 9.00 Å². The van der Waals surface area contributed by atoms with Gasteiger partial charge in [-0.25, -0.2) is 9.10 Å². The fourth-order valence-electron chi connectivity index (χ4n) is 4.41. The van der Waals surface area contributed by atoms with Gasteiger partial charge in [0.2, 0.25) is 5.91 Å². The number of anilines is 1. The van der Waals surface area contributed by atoms with E-state index in [1.807, 2.05) is 25.7 Å². The van der Waals surface area contributed by atoms with Crippen molar-refractivity contribution in [3.63, 3.8) is 0 Å². The highest BCUT2D eigenvalue weighted by atomic mass is 79.9. The smallest absolute Gasteiger partial charge is 0.410 e. The van der Waals surface area contributed by atoms with Crippen LogP contribution in [-0.2, 0) is 20.8 Å². The molecule has 0 aliphatic carbocycles. The lowest BCUT2D eigenvalue weighted by Gasteiger charge is -2.48. The highest BCUT2D eigenvalue weighted by Crippen LogP contribution is 2.47. The van der Waals surface area contributed by atoms with E-state index < -0.39 is 22.8 Å². The van der Waals surface area contributed by atoms with Crippen LogP contribution in [0.25, 0.3) is 0 Å². The highest BCUT2D eigenvalue weighted by molar-refractivity contribution is 9.10. The molecule has 12 heteroatoms. The highest BCUT2D eigenvalue weighted by Gasteiger charge is 2.43. The molecule has 1 aromatic heterocycles. The summed E-state index contributed by atoms with van der Waals surface area (Å²) >= 11 is 13.5. The second-order valence-corrected chi connectivity index (χ2v) is 12.7. The van der Waals surface area contributed by atoms with E-state index in [4.69, 9.17) is 27.9 Å². The van der Waals surface area contributed by atoms with Crippen molar-refractivity contribution in [3.05, 3.63) is 13.1 Å². The van der Waals surface area contributed by atoms with Crippen LogP contribution in [0.4, 0.5) is 10.5 Å². The summed E-state index contributed by atoms with van der Waals surface area (Å²) in [5.41, 5.74) is -0.535. The summed E-state index contributed by atoms with van der Waals surface area (Å²) in [4.78, 5) is 27.6. The summed E-state index contributed by atoms with van der Waals surface area (Å²) in [5.74, 6) is -0.613. The van der Waals surface area contributed by atoms with Crippen molar-refractivity contribution in [2.24, 2.45) is 5.92 Å². The normalized spacial score (nSPS) is 24.6. The molecule has 2 aliphatic rings. The topological polar surface area (TPSA) is 90.0 Å². The zero-order valence-electron chi connectivity index (χ0n) is 17.4. The van der Waals surface area contributed by atoms with E-state index in [1.54, 1.807) is 0 Å². The number of fused-ring (bicyclic) bond motifs is 2. The molecule has 2 fully saturated rings. The molecular formula is C19H24BrCl2N2O5S2-. The Labute approximate surface area is 206 Å². The Hall–Kier alpha value is -0.390. The van der Waals surface area contributed by atoms with Crippen LogP contribution in [0.15, 0.2) is 4.47 Å². The zero-order chi connectivity index (χ0) is 23.1. The number of hydrogen-bond acceptors (Lipinski definition) is 6. The second-order valence-electron chi connectivity index (χ2n) is 8.89. The van der Waals surface area contributed by atoms with Crippen molar-refractivity contribution in [2.75, 3.05) is 4.31 Å². The third-order valence-electron chi connectivity index (χ3n) is 5.46. The van der Waals surface area contributed by atoms with Gasteiger partial charge in [0.15, 0.2) is 0 Å². The molecule has 3 rings (SSSR count). The van der Waals surface area contributed by atoms with Gasteiger partial charge in [0, 0.05) is 18.5 Å². The predicted octanol–water partition coefficient (Wildman–Crippen LogP) is 5.90. The van der Waals surface area contributed by atoms with E-state index in [-0.39, 0.29) is 49.3 Å². The SMILES string of the molecule is CC(C)(C)OC(=O)N1C2CCCC1CC(CC(=O)N(c1c(Cl)sc(Cl)c1Br)S(=O)[O-])C2. The number of nitrogens with zero attached hydrogens (tertiary/aromatic N) is 2. The minimum atomic E-state index is -2.84. The fourth-order valence-corrected chi connectivity index (χ4v) is 7.55. The van der Waals surface area contributed by atoms with Crippen LogP contribution < -0.4 is 4.31 Å². The number of carbonyl (C=O) groups is 2. The lowest BCUT2D eigenvalue weighted by molar-refractivity contribution is -0.119. The van der Waals surface area contributed by atoms with Gasteiger partial charge in [0.05, 0.1) is 15.7 Å². The molecule has 0 N–H and O–H groups in total. The van der Waals surface area contributed by atoms with E-state index >= 15 is 0 Å². The number of piperidine rings is 2. The Morgan fingerprint density at radius 3 is 2.29 bits per heavy atom. The maximum absolute atomic E-state index is 13.0. The van der Waals surface area contributed by atoms with E-state index in [0.717, 1.165) is 30.6 Å². The van der Waals surface area contributed by atoms with Gasteiger partial charge in [-0.15, -0.1) is 11.3 Å². The lowest BCUT2D eigenvalue weighted by atomic mass is 9.77. The summed E-state index contributed by atoms with van der Waals surface area (Å²) in [6.07, 6.45) is 3.67. The number of thiophene rings is 1. The molecular weight excluding hydrogens is 551 g/mol. The molecule has 0 spiro atoms. The van der Waals surface area contributed by atoms with Crippen molar-refractivity contribution >= 4 is 79.4 Å². The van der Waals surface area contributed by atoms with Crippen molar-refractivity contribution in [3.8, 4) is 0 Å². The fraction of sp³-hybridized carbons (Fsp3) is 0.684. The summed E-state index contributed by atoms with van der Waals surface area (Å²) in [7, 11) is 0. The number of amides is 2. The first kappa shape index (κ1) is 25.2. The molecule has 3 atom stereocenters. The Morgan fingerprint density at radius 2 is 1.84 bits per heavy atom. The molecule has 7 nitrogen and oxygen atoms in total. The summed E-state index contributed by atoms with van der Waals surface area (Å²) in [6, 6.07) is -0.0328. The zero-order valence-corrected chi connectivity index (χ0v) is 22.1. The van der Waals surface area contributed by atoms with E-state index in [0.29, 0.717) is 17.1 Å². The van der Waals surface area contributed by atoms with Gasteiger partial charge < -0.3 is 14.2 Å². The van der Waals surface area contributed by atoms with Crippen molar-refractivity contribution in [1.29, 1.82) is 0 Å². The van der Waals surface area contributed by atoms with E-state index in [2.05, 4.69) is 15.9 Å². The number of rotatable bonds is 4. The molecule has 1 aromatic rings. The third kappa shape index (κ3) is 5.76. The van der Waals surface area contributed by atoms with Crippen molar-refractivity contribution < 1.29 is 23.1 Å². The van der Waals surface area contributed by atoms with Crippen LogP contribution in [0.3, 0.4) is 0 Å². The number of halogens is 3. The lowest BCUT2D eigenvalue weighted by Crippen LogP contribution is -2.56. The minimum Gasteiger partial charge on any atom is -0.755 e. The second kappa shape index (κ2) is 9.85. The molecule has 2 saturated heterocycles. The van der Waals surface area contributed by atoms with Gasteiger partial charge in [0.1, 0.15) is 20.0 Å². The van der Waals surface area contributed by atoms with E-state index in [9.17, 15) is 18.4 Å². The number of carbonyl (C=O) groups excluding carboxylic acids is 2. The molecule has 2 amide bonds. The van der Waals surface area contributed by atoms with Crippen molar-refractivity contribution in [2.45, 2.75) is 77.0 Å². The molecule has 3 heterocycles. The Morgan fingerprint density at radius 1 is 1.26 bits per heavy atom. The maximum atomic E-state index is 13.0. The van der Waals surface area contributed by atoms with Crippen LogP contribution in [0.5, 0.6) is 0 Å².